The Morgan fingerprint density at radius 3 is 2.03 bits per heavy atom. The number of carbonyl (C=O) groups excluding carboxylic acids is 2. The maximum atomic E-state index is 12.8. The second-order valence-electron chi connectivity index (χ2n) is 6.58. The molecular formula is C23H18N4O2S. The summed E-state index contributed by atoms with van der Waals surface area (Å²) in [6, 6.07) is 19.0. The van der Waals surface area contributed by atoms with Gasteiger partial charge in [0.2, 0.25) is 0 Å². The van der Waals surface area contributed by atoms with Crippen molar-refractivity contribution in [3.05, 3.63) is 89.1 Å². The number of anilines is 1. The number of primary amides is 1. The molecule has 0 saturated carbocycles. The predicted octanol–water partition coefficient (Wildman–Crippen LogP) is 4.53. The number of benzene rings is 2. The lowest BCUT2D eigenvalue weighted by molar-refractivity contribution is 0.100. The van der Waals surface area contributed by atoms with Crippen LogP contribution in [-0.2, 0) is 0 Å². The number of rotatable bonds is 5. The quantitative estimate of drug-likeness (QED) is 0.501. The number of nitrogens with two attached hydrogens (primary N) is 1. The SMILES string of the molecule is Cc1sc(NC(=O)c2cnc(-c3ccccc3)nc2)c(C(N)=O)c1-c1ccccc1. The van der Waals surface area contributed by atoms with E-state index in [9.17, 15) is 9.59 Å². The third-order valence-corrected chi connectivity index (χ3v) is 5.59. The molecule has 0 aliphatic heterocycles. The first kappa shape index (κ1) is 19.5. The summed E-state index contributed by atoms with van der Waals surface area (Å²) in [5.74, 6) is -0.467. The van der Waals surface area contributed by atoms with Crippen LogP contribution in [-0.4, -0.2) is 21.8 Å². The molecule has 7 heteroatoms. The van der Waals surface area contributed by atoms with Gasteiger partial charge >= 0.3 is 0 Å². The van der Waals surface area contributed by atoms with Crippen LogP contribution in [0.4, 0.5) is 5.00 Å². The average Bonchev–Trinajstić information content (AvgIpc) is 3.11. The van der Waals surface area contributed by atoms with Gasteiger partial charge in [0, 0.05) is 28.4 Å². The van der Waals surface area contributed by atoms with Crippen molar-refractivity contribution < 1.29 is 9.59 Å². The molecular weight excluding hydrogens is 396 g/mol. The van der Waals surface area contributed by atoms with Gasteiger partial charge < -0.3 is 11.1 Å². The molecule has 6 nitrogen and oxygen atoms in total. The number of nitrogens with one attached hydrogen (secondary N) is 1. The van der Waals surface area contributed by atoms with Crippen molar-refractivity contribution in [2.75, 3.05) is 5.32 Å². The molecule has 148 valence electrons. The molecule has 0 saturated heterocycles. The van der Waals surface area contributed by atoms with Crippen molar-refractivity contribution in [1.82, 2.24) is 9.97 Å². The monoisotopic (exact) mass is 414 g/mol. The van der Waals surface area contributed by atoms with Crippen molar-refractivity contribution >= 4 is 28.2 Å². The van der Waals surface area contributed by atoms with Gasteiger partial charge in [-0.3, -0.25) is 9.59 Å². The third kappa shape index (κ3) is 3.83. The Morgan fingerprint density at radius 1 is 0.900 bits per heavy atom. The van der Waals surface area contributed by atoms with Crippen LogP contribution in [0.2, 0.25) is 0 Å². The van der Waals surface area contributed by atoms with Crippen LogP contribution in [0.1, 0.15) is 25.6 Å². The Balaban J connectivity index is 1.63. The lowest BCUT2D eigenvalue weighted by Crippen LogP contribution is -2.17. The zero-order valence-electron chi connectivity index (χ0n) is 16.1. The van der Waals surface area contributed by atoms with Crippen molar-refractivity contribution in [3.8, 4) is 22.5 Å². The fraction of sp³-hybridized carbons (Fsp3) is 0.0435. The van der Waals surface area contributed by atoms with Gasteiger partial charge in [0.15, 0.2) is 5.82 Å². The van der Waals surface area contributed by atoms with Gasteiger partial charge in [0.25, 0.3) is 11.8 Å². The molecule has 2 aromatic heterocycles. The second-order valence-corrected chi connectivity index (χ2v) is 7.81. The molecule has 0 fully saturated rings. The summed E-state index contributed by atoms with van der Waals surface area (Å²) in [4.78, 5) is 34.4. The summed E-state index contributed by atoms with van der Waals surface area (Å²) in [7, 11) is 0. The zero-order chi connectivity index (χ0) is 21.1. The summed E-state index contributed by atoms with van der Waals surface area (Å²) < 4.78 is 0. The van der Waals surface area contributed by atoms with E-state index in [1.165, 1.54) is 23.7 Å². The number of amides is 2. The highest BCUT2D eigenvalue weighted by Gasteiger charge is 2.23. The van der Waals surface area contributed by atoms with E-state index in [4.69, 9.17) is 5.73 Å². The highest BCUT2D eigenvalue weighted by atomic mass is 32.1. The number of hydrogen-bond donors (Lipinski definition) is 2. The van der Waals surface area contributed by atoms with Crippen molar-refractivity contribution in [2.45, 2.75) is 6.92 Å². The molecule has 0 radical (unpaired) electrons. The minimum absolute atomic E-state index is 0.289. The molecule has 0 atom stereocenters. The van der Waals surface area contributed by atoms with Crippen molar-refractivity contribution in [1.29, 1.82) is 0 Å². The van der Waals surface area contributed by atoms with Crippen LogP contribution in [0.3, 0.4) is 0 Å². The number of hydrogen-bond acceptors (Lipinski definition) is 5. The normalized spacial score (nSPS) is 10.6. The van der Waals surface area contributed by atoms with E-state index in [2.05, 4.69) is 15.3 Å². The Kier molecular flexibility index (Phi) is 5.36. The highest BCUT2D eigenvalue weighted by Crippen LogP contribution is 2.39. The fourth-order valence-electron chi connectivity index (χ4n) is 3.18. The molecule has 4 rings (SSSR count). The number of carbonyl (C=O) groups is 2. The summed E-state index contributed by atoms with van der Waals surface area (Å²) in [6.45, 7) is 1.90. The summed E-state index contributed by atoms with van der Waals surface area (Å²) in [5.41, 5.74) is 8.72. The number of nitrogens with zero attached hydrogens (tertiary/aromatic N) is 2. The standard InChI is InChI=1S/C23H18N4O2S/c1-14-18(15-8-4-2-5-9-15)19(20(24)28)23(30-14)27-22(29)17-12-25-21(26-13-17)16-10-6-3-7-11-16/h2-13H,1H3,(H2,24,28)(H,27,29). The van der Waals surface area contributed by atoms with Crippen LogP contribution in [0.25, 0.3) is 22.5 Å². The molecule has 2 amide bonds. The molecule has 4 aromatic rings. The Morgan fingerprint density at radius 2 is 1.47 bits per heavy atom. The van der Waals surface area contributed by atoms with Crippen LogP contribution in [0, 0.1) is 6.92 Å². The highest BCUT2D eigenvalue weighted by molar-refractivity contribution is 7.17. The largest absolute Gasteiger partial charge is 0.365 e. The van der Waals surface area contributed by atoms with Crippen molar-refractivity contribution in [3.63, 3.8) is 0 Å². The average molecular weight is 414 g/mol. The molecule has 0 unspecified atom stereocenters. The van der Waals surface area contributed by atoms with E-state index in [0.717, 1.165) is 21.6 Å². The zero-order valence-corrected chi connectivity index (χ0v) is 16.9. The smallest absolute Gasteiger partial charge is 0.259 e. The van der Waals surface area contributed by atoms with E-state index in [1.54, 1.807) is 0 Å². The molecule has 30 heavy (non-hydrogen) atoms. The number of aromatic nitrogens is 2. The molecule has 3 N–H and O–H groups in total. The van der Waals surface area contributed by atoms with Crippen LogP contribution >= 0.6 is 11.3 Å². The van der Waals surface area contributed by atoms with E-state index < -0.39 is 11.8 Å². The second kappa shape index (κ2) is 8.26. The van der Waals surface area contributed by atoms with E-state index in [-0.39, 0.29) is 5.56 Å². The maximum Gasteiger partial charge on any atom is 0.259 e. The minimum atomic E-state index is -0.593. The lowest BCUT2D eigenvalue weighted by Gasteiger charge is -2.07. The van der Waals surface area contributed by atoms with E-state index in [1.807, 2.05) is 67.6 Å². The third-order valence-electron chi connectivity index (χ3n) is 4.57. The van der Waals surface area contributed by atoms with E-state index >= 15 is 0 Å². The molecule has 2 heterocycles. The maximum absolute atomic E-state index is 12.8. The van der Waals surface area contributed by atoms with Gasteiger partial charge in [-0.15, -0.1) is 11.3 Å². The Bertz CT molecular complexity index is 1200. The molecule has 2 aromatic carbocycles. The first-order chi connectivity index (χ1) is 14.5. The molecule has 0 spiro atoms. The Hall–Kier alpha value is -3.84. The van der Waals surface area contributed by atoms with Crippen molar-refractivity contribution in [2.24, 2.45) is 5.73 Å². The summed E-state index contributed by atoms with van der Waals surface area (Å²) in [5, 5.41) is 3.21. The van der Waals surface area contributed by atoms with Crippen LogP contribution in [0.15, 0.2) is 73.1 Å². The number of thiophene rings is 1. The Labute approximate surface area is 177 Å². The van der Waals surface area contributed by atoms with Gasteiger partial charge in [-0.2, -0.15) is 0 Å². The summed E-state index contributed by atoms with van der Waals surface area (Å²) >= 11 is 1.31. The van der Waals surface area contributed by atoms with Gasteiger partial charge in [-0.05, 0) is 12.5 Å². The predicted molar refractivity (Wildman–Crippen MR) is 118 cm³/mol. The van der Waals surface area contributed by atoms with Gasteiger partial charge in [-0.25, -0.2) is 9.97 Å². The topological polar surface area (TPSA) is 98.0 Å². The van der Waals surface area contributed by atoms with Crippen LogP contribution in [0.5, 0.6) is 0 Å². The number of aryl methyl sites for hydroxylation is 1. The molecule has 0 aliphatic carbocycles. The van der Waals surface area contributed by atoms with Gasteiger partial charge in [-0.1, -0.05) is 60.7 Å². The molecule has 0 bridgehead atoms. The first-order valence-electron chi connectivity index (χ1n) is 9.22. The van der Waals surface area contributed by atoms with Gasteiger partial charge in [0.1, 0.15) is 5.00 Å². The van der Waals surface area contributed by atoms with E-state index in [0.29, 0.717) is 16.4 Å². The minimum Gasteiger partial charge on any atom is -0.365 e. The van der Waals surface area contributed by atoms with Gasteiger partial charge in [0.05, 0.1) is 11.1 Å². The molecule has 0 aliphatic rings. The summed E-state index contributed by atoms with van der Waals surface area (Å²) in [6.07, 6.45) is 2.93. The van der Waals surface area contributed by atoms with Crippen LogP contribution < -0.4 is 11.1 Å². The first-order valence-corrected chi connectivity index (χ1v) is 10.0. The lowest BCUT2D eigenvalue weighted by atomic mass is 10.0. The fourth-order valence-corrected chi connectivity index (χ4v) is 4.25.